The Morgan fingerprint density at radius 3 is 2.80 bits per heavy atom. The van der Waals surface area contributed by atoms with E-state index in [0.29, 0.717) is 28.7 Å². The van der Waals surface area contributed by atoms with E-state index in [9.17, 15) is 19.7 Å². The second-order valence-electron chi connectivity index (χ2n) is 6.07. The lowest BCUT2D eigenvalue weighted by molar-refractivity contribution is -0.385. The van der Waals surface area contributed by atoms with Gasteiger partial charge in [0.15, 0.2) is 12.4 Å². The summed E-state index contributed by atoms with van der Waals surface area (Å²) < 4.78 is 6.81. The summed E-state index contributed by atoms with van der Waals surface area (Å²) in [6, 6.07) is 9.09. The number of carbonyl (C=O) groups is 1. The molecule has 0 fully saturated rings. The van der Waals surface area contributed by atoms with E-state index >= 15 is 0 Å². The minimum atomic E-state index is -1.25. The average Bonchev–Trinajstić information content (AvgIpc) is 2.71. The molecule has 0 aliphatic rings. The summed E-state index contributed by atoms with van der Waals surface area (Å²) in [5, 5.41) is 24.5. The average molecular weight is 475 g/mol. The Bertz CT molecular complexity index is 1240. The van der Waals surface area contributed by atoms with E-state index in [4.69, 9.17) is 9.84 Å². The largest absolute Gasteiger partial charge is 0.479 e. The van der Waals surface area contributed by atoms with Crippen molar-refractivity contribution < 1.29 is 19.6 Å². The molecule has 2 aromatic carbocycles. The molecule has 0 aliphatic heterocycles. The fourth-order valence-corrected chi connectivity index (χ4v) is 3.05. The van der Waals surface area contributed by atoms with Crippen molar-refractivity contribution in [2.45, 2.75) is 13.3 Å². The first-order chi connectivity index (χ1) is 14.3. The molecule has 0 radical (unpaired) electrons. The number of nitrogens with zero attached hydrogens (tertiary/aromatic N) is 4. The van der Waals surface area contributed by atoms with Crippen molar-refractivity contribution >= 4 is 44.7 Å². The number of fused-ring (bicyclic) bond motifs is 1. The van der Waals surface area contributed by atoms with Gasteiger partial charge >= 0.3 is 11.7 Å². The van der Waals surface area contributed by atoms with Gasteiger partial charge in [-0.15, -0.1) is 0 Å². The van der Waals surface area contributed by atoms with Crippen molar-refractivity contribution in [1.82, 2.24) is 9.66 Å². The Balaban J connectivity index is 2.03. The summed E-state index contributed by atoms with van der Waals surface area (Å²) in [6.45, 7) is 1.12. The van der Waals surface area contributed by atoms with Crippen LogP contribution in [0.2, 0.25) is 0 Å². The van der Waals surface area contributed by atoms with Crippen molar-refractivity contribution in [2.75, 3.05) is 6.61 Å². The third-order valence-electron chi connectivity index (χ3n) is 4.04. The Morgan fingerprint density at radius 2 is 2.13 bits per heavy atom. The zero-order valence-corrected chi connectivity index (χ0v) is 17.2. The van der Waals surface area contributed by atoms with E-state index in [-0.39, 0.29) is 11.3 Å². The zero-order chi connectivity index (χ0) is 21.8. The van der Waals surface area contributed by atoms with Gasteiger partial charge in [0, 0.05) is 22.5 Å². The third kappa shape index (κ3) is 4.51. The van der Waals surface area contributed by atoms with Crippen molar-refractivity contribution in [3.63, 3.8) is 0 Å². The van der Waals surface area contributed by atoms with Crippen molar-refractivity contribution in [2.24, 2.45) is 5.10 Å². The summed E-state index contributed by atoms with van der Waals surface area (Å²) in [7, 11) is 0. The molecule has 10 nitrogen and oxygen atoms in total. The lowest BCUT2D eigenvalue weighted by Crippen LogP contribution is -2.22. The molecular weight excluding hydrogens is 460 g/mol. The summed E-state index contributed by atoms with van der Waals surface area (Å²) >= 11 is 3.33. The van der Waals surface area contributed by atoms with Crippen LogP contribution in [0.3, 0.4) is 0 Å². The fraction of sp³-hybridized carbons (Fsp3) is 0.158. The summed E-state index contributed by atoms with van der Waals surface area (Å²) in [4.78, 5) is 38.5. The predicted octanol–water partition coefficient (Wildman–Crippen LogP) is 2.98. The van der Waals surface area contributed by atoms with Crippen LogP contribution in [0, 0.1) is 10.1 Å². The number of aromatic nitrogens is 2. The normalized spacial score (nSPS) is 11.1. The van der Waals surface area contributed by atoms with Gasteiger partial charge in [0.1, 0.15) is 5.82 Å². The topological polar surface area (TPSA) is 137 Å². The molecule has 0 saturated carbocycles. The van der Waals surface area contributed by atoms with Crippen LogP contribution >= 0.6 is 15.9 Å². The molecule has 1 heterocycles. The molecule has 0 saturated heterocycles. The smallest absolute Gasteiger partial charge is 0.341 e. The molecule has 0 aliphatic carbocycles. The second-order valence-corrected chi connectivity index (χ2v) is 6.99. The number of hydrogen-bond donors (Lipinski definition) is 1. The number of ether oxygens (including phenoxy) is 1. The quantitative estimate of drug-likeness (QED) is 0.315. The number of nitro groups is 1. The van der Waals surface area contributed by atoms with Crippen LogP contribution in [-0.4, -0.2) is 38.5 Å². The Morgan fingerprint density at radius 1 is 1.37 bits per heavy atom. The van der Waals surface area contributed by atoms with Gasteiger partial charge in [-0.2, -0.15) is 9.78 Å². The zero-order valence-electron chi connectivity index (χ0n) is 15.6. The number of benzene rings is 2. The highest BCUT2D eigenvalue weighted by Crippen LogP contribution is 2.27. The van der Waals surface area contributed by atoms with E-state index in [1.807, 2.05) is 6.92 Å². The standard InChI is InChI=1S/C19H15BrN4O6/c1-2-17-22-14-5-4-12(20)8-13(14)19(27)23(17)21-9-11-3-6-16(30-10-18(25)26)15(7-11)24(28)29/h3-9H,2,10H2,1H3,(H,25,26). The van der Waals surface area contributed by atoms with Crippen LogP contribution in [0.4, 0.5) is 5.69 Å². The molecule has 1 aromatic heterocycles. The van der Waals surface area contributed by atoms with Crippen molar-refractivity contribution in [1.29, 1.82) is 0 Å². The first kappa shape index (κ1) is 21.1. The number of carboxylic acid groups (broad SMARTS) is 1. The fourth-order valence-electron chi connectivity index (χ4n) is 2.69. The lowest BCUT2D eigenvalue weighted by atomic mass is 10.2. The molecule has 30 heavy (non-hydrogen) atoms. The Hall–Kier alpha value is -3.60. The molecule has 0 atom stereocenters. The van der Waals surface area contributed by atoms with Crippen LogP contribution in [0.15, 0.2) is 50.8 Å². The molecule has 11 heteroatoms. The van der Waals surface area contributed by atoms with E-state index in [1.165, 1.54) is 24.4 Å². The number of nitro benzene ring substituents is 1. The minimum absolute atomic E-state index is 0.178. The van der Waals surface area contributed by atoms with Gasteiger partial charge in [-0.05, 0) is 30.3 Å². The molecule has 3 rings (SSSR count). The van der Waals surface area contributed by atoms with Gasteiger partial charge in [-0.1, -0.05) is 22.9 Å². The number of carboxylic acids is 1. The third-order valence-corrected chi connectivity index (χ3v) is 4.54. The van der Waals surface area contributed by atoms with E-state index in [1.54, 1.807) is 18.2 Å². The van der Waals surface area contributed by atoms with Gasteiger partial charge in [0.2, 0.25) is 0 Å². The van der Waals surface area contributed by atoms with Gasteiger partial charge in [-0.3, -0.25) is 14.9 Å². The van der Waals surface area contributed by atoms with Gasteiger partial charge in [0.05, 0.1) is 22.0 Å². The highest BCUT2D eigenvalue weighted by molar-refractivity contribution is 9.10. The molecule has 0 unspecified atom stereocenters. The molecule has 3 aromatic rings. The number of aryl methyl sites for hydroxylation is 1. The maximum absolute atomic E-state index is 12.9. The molecular formula is C19H15BrN4O6. The maximum Gasteiger partial charge on any atom is 0.341 e. The predicted molar refractivity (Wildman–Crippen MR) is 112 cm³/mol. The summed E-state index contributed by atoms with van der Waals surface area (Å²) in [6.07, 6.45) is 1.74. The summed E-state index contributed by atoms with van der Waals surface area (Å²) in [5.41, 5.74) is 0.0869. The van der Waals surface area contributed by atoms with Crippen LogP contribution in [0.5, 0.6) is 5.75 Å². The number of rotatable bonds is 7. The Kier molecular flexibility index (Phi) is 6.21. The van der Waals surface area contributed by atoms with Crippen LogP contribution in [-0.2, 0) is 11.2 Å². The first-order valence-corrected chi connectivity index (χ1v) is 9.48. The molecule has 1 N–H and O–H groups in total. The van der Waals surface area contributed by atoms with Crippen LogP contribution in [0.1, 0.15) is 18.3 Å². The second kappa shape index (κ2) is 8.82. The van der Waals surface area contributed by atoms with Gasteiger partial charge in [0.25, 0.3) is 5.56 Å². The van der Waals surface area contributed by atoms with Crippen LogP contribution in [0.25, 0.3) is 10.9 Å². The Labute approximate surface area is 177 Å². The summed E-state index contributed by atoms with van der Waals surface area (Å²) in [5.74, 6) is -0.998. The SMILES string of the molecule is CCc1nc2ccc(Br)cc2c(=O)n1N=Cc1ccc(OCC(=O)O)c([N+](=O)[O-])c1. The molecule has 0 bridgehead atoms. The number of aliphatic carboxylic acids is 1. The molecule has 0 spiro atoms. The monoisotopic (exact) mass is 474 g/mol. The molecule has 154 valence electrons. The minimum Gasteiger partial charge on any atom is -0.479 e. The lowest BCUT2D eigenvalue weighted by Gasteiger charge is -2.08. The van der Waals surface area contributed by atoms with Crippen molar-refractivity contribution in [3.8, 4) is 5.75 Å². The van der Waals surface area contributed by atoms with E-state index in [2.05, 4.69) is 26.0 Å². The van der Waals surface area contributed by atoms with Gasteiger partial charge in [-0.25, -0.2) is 9.78 Å². The van der Waals surface area contributed by atoms with Gasteiger partial charge < -0.3 is 9.84 Å². The van der Waals surface area contributed by atoms with E-state index < -0.39 is 23.2 Å². The number of halogens is 1. The van der Waals surface area contributed by atoms with Crippen LogP contribution < -0.4 is 10.3 Å². The first-order valence-electron chi connectivity index (χ1n) is 8.68. The highest BCUT2D eigenvalue weighted by Gasteiger charge is 2.17. The molecule has 0 amide bonds. The highest BCUT2D eigenvalue weighted by atomic mass is 79.9. The van der Waals surface area contributed by atoms with E-state index in [0.717, 1.165) is 9.15 Å². The number of hydrogen-bond acceptors (Lipinski definition) is 7. The van der Waals surface area contributed by atoms with Crippen molar-refractivity contribution in [3.05, 3.63) is 72.7 Å². The maximum atomic E-state index is 12.9.